The third-order valence-electron chi connectivity index (χ3n) is 4.18. The molecule has 1 aromatic carbocycles. The van der Waals surface area contributed by atoms with Crippen molar-refractivity contribution in [1.29, 1.82) is 0 Å². The molecule has 2 aliphatic heterocycles. The average molecular weight is 205 g/mol. The highest BCUT2D eigenvalue weighted by atomic mass is 19.1. The summed E-state index contributed by atoms with van der Waals surface area (Å²) < 4.78 is 12.8. The Morgan fingerprint density at radius 2 is 1.93 bits per heavy atom. The molecule has 3 rings (SSSR count). The Morgan fingerprint density at radius 1 is 1.20 bits per heavy atom. The summed E-state index contributed by atoms with van der Waals surface area (Å²) in [6, 6.07) is 8.54. The topological polar surface area (TPSA) is 3.24 Å². The molecule has 0 radical (unpaired) electrons. The van der Waals surface area contributed by atoms with Gasteiger partial charge in [-0.1, -0.05) is 12.1 Å². The predicted molar refractivity (Wildman–Crippen MR) is 58.3 cm³/mol. The van der Waals surface area contributed by atoms with E-state index >= 15 is 0 Å². The highest BCUT2D eigenvalue weighted by Gasteiger charge is 2.44. The number of hydrogen-bond acceptors (Lipinski definition) is 1. The van der Waals surface area contributed by atoms with Crippen LogP contribution in [0.25, 0.3) is 0 Å². The molecule has 2 heteroatoms. The van der Waals surface area contributed by atoms with Crippen molar-refractivity contribution in [1.82, 2.24) is 4.90 Å². The summed E-state index contributed by atoms with van der Waals surface area (Å²) in [6.45, 7) is 0. The number of halogens is 1. The molecular weight excluding hydrogens is 189 g/mol. The van der Waals surface area contributed by atoms with Crippen molar-refractivity contribution in [3.05, 3.63) is 35.6 Å². The monoisotopic (exact) mass is 205 g/mol. The molecule has 0 N–H and O–H groups in total. The fourth-order valence-electron chi connectivity index (χ4n) is 3.33. The van der Waals surface area contributed by atoms with Crippen LogP contribution in [0, 0.1) is 5.82 Å². The van der Waals surface area contributed by atoms with E-state index in [1.54, 1.807) is 12.1 Å². The second-order valence-corrected chi connectivity index (χ2v) is 4.86. The molecule has 2 saturated heterocycles. The second kappa shape index (κ2) is 3.31. The summed E-state index contributed by atoms with van der Waals surface area (Å²) in [7, 11) is 2.23. The molecule has 3 unspecified atom stereocenters. The van der Waals surface area contributed by atoms with Crippen molar-refractivity contribution in [2.75, 3.05) is 7.05 Å². The summed E-state index contributed by atoms with van der Waals surface area (Å²) >= 11 is 0. The molecule has 80 valence electrons. The van der Waals surface area contributed by atoms with Gasteiger partial charge in [-0.05, 0) is 44.0 Å². The smallest absolute Gasteiger partial charge is 0.123 e. The molecule has 1 aromatic rings. The minimum absolute atomic E-state index is 0.129. The van der Waals surface area contributed by atoms with Crippen molar-refractivity contribution in [2.24, 2.45) is 0 Å². The van der Waals surface area contributed by atoms with Gasteiger partial charge in [0, 0.05) is 18.0 Å². The van der Waals surface area contributed by atoms with Gasteiger partial charge in [-0.15, -0.1) is 0 Å². The predicted octanol–water partition coefficient (Wildman–Crippen LogP) is 2.78. The van der Waals surface area contributed by atoms with E-state index < -0.39 is 0 Å². The first-order valence-electron chi connectivity index (χ1n) is 5.73. The summed E-state index contributed by atoms with van der Waals surface area (Å²) in [4.78, 5) is 2.51. The van der Waals surface area contributed by atoms with E-state index in [2.05, 4.69) is 11.9 Å². The van der Waals surface area contributed by atoms with Crippen LogP contribution in [0.15, 0.2) is 24.3 Å². The summed E-state index contributed by atoms with van der Waals surface area (Å²) in [5, 5.41) is 0. The highest BCUT2D eigenvalue weighted by molar-refractivity contribution is 5.25. The Kier molecular flexibility index (Phi) is 2.06. The molecule has 2 fully saturated rings. The van der Waals surface area contributed by atoms with Gasteiger partial charge >= 0.3 is 0 Å². The normalized spacial score (nSPS) is 34.9. The van der Waals surface area contributed by atoms with Gasteiger partial charge in [0.1, 0.15) is 5.82 Å². The van der Waals surface area contributed by atoms with Crippen LogP contribution in [0.2, 0.25) is 0 Å². The largest absolute Gasteiger partial charge is 0.300 e. The standard InChI is InChI=1S/C13H16FN/c1-15-11-6-7-13(15)12(8-11)9-2-4-10(14)5-3-9/h2-5,11-13H,6-8H2,1H3. The van der Waals surface area contributed by atoms with Gasteiger partial charge in [-0.3, -0.25) is 4.90 Å². The summed E-state index contributed by atoms with van der Waals surface area (Å²) in [6.07, 6.45) is 3.91. The lowest BCUT2D eigenvalue weighted by Crippen LogP contribution is -2.25. The minimum atomic E-state index is -0.129. The lowest BCUT2D eigenvalue weighted by molar-refractivity contribution is 0.307. The van der Waals surface area contributed by atoms with Crippen LogP contribution >= 0.6 is 0 Å². The van der Waals surface area contributed by atoms with Crippen LogP contribution in [0.4, 0.5) is 4.39 Å². The zero-order valence-electron chi connectivity index (χ0n) is 8.99. The zero-order chi connectivity index (χ0) is 10.4. The van der Waals surface area contributed by atoms with Crippen molar-refractivity contribution >= 4 is 0 Å². The third kappa shape index (κ3) is 1.39. The molecule has 0 saturated carbocycles. The van der Waals surface area contributed by atoms with E-state index in [0.29, 0.717) is 12.0 Å². The molecule has 15 heavy (non-hydrogen) atoms. The molecule has 0 aromatic heterocycles. The molecule has 2 bridgehead atoms. The second-order valence-electron chi connectivity index (χ2n) is 4.86. The maximum Gasteiger partial charge on any atom is 0.123 e. The van der Waals surface area contributed by atoms with Gasteiger partial charge in [0.2, 0.25) is 0 Å². The number of nitrogens with zero attached hydrogens (tertiary/aromatic N) is 1. The number of fused-ring (bicyclic) bond motifs is 2. The van der Waals surface area contributed by atoms with Crippen LogP contribution in [-0.4, -0.2) is 24.0 Å². The number of hydrogen-bond donors (Lipinski definition) is 0. The first kappa shape index (κ1) is 9.34. The van der Waals surface area contributed by atoms with E-state index in [0.717, 1.165) is 6.04 Å². The van der Waals surface area contributed by atoms with Crippen LogP contribution in [0.3, 0.4) is 0 Å². The van der Waals surface area contributed by atoms with Crippen molar-refractivity contribution < 1.29 is 4.39 Å². The van der Waals surface area contributed by atoms with Crippen molar-refractivity contribution in [3.63, 3.8) is 0 Å². The molecule has 2 aliphatic rings. The molecule has 0 spiro atoms. The molecular formula is C13H16FN. The molecule has 0 amide bonds. The van der Waals surface area contributed by atoms with E-state index in [1.807, 2.05) is 12.1 Å². The van der Waals surface area contributed by atoms with Gasteiger partial charge in [0.05, 0.1) is 0 Å². The fourth-order valence-corrected chi connectivity index (χ4v) is 3.33. The van der Waals surface area contributed by atoms with E-state index in [9.17, 15) is 4.39 Å². The molecule has 3 atom stereocenters. The number of benzene rings is 1. The van der Waals surface area contributed by atoms with Gasteiger partial charge in [-0.2, -0.15) is 0 Å². The van der Waals surface area contributed by atoms with Gasteiger partial charge in [0.25, 0.3) is 0 Å². The minimum Gasteiger partial charge on any atom is -0.300 e. The van der Waals surface area contributed by atoms with E-state index in [-0.39, 0.29) is 5.82 Å². The van der Waals surface area contributed by atoms with Crippen LogP contribution in [-0.2, 0) is 0 Å². The average Bonchev–Trinajstić information content (AvgIpc) is 2.75. The molecule has 2 heterocycles. The number of rotatable bonds is 1. The van der Waals surface area contributed by atoms with Gasteiger partial charge in [0.15, 0.2) is 0 Å². The fraction of sp³-hybridized carbons (Fsp3) is 0.538. The summed E-state index contributed by atoms with van der Waals surface area (Å²) in [5.74, 6) is 0.504. The summed E-state index contributed by atoms with van der Waals surface area (Å²) in [5.41, 5.74) is 1.32. The first-order chi connectivity index (χ1) is 7.25. The van der Waals surface area contributed by atoms with Crippen LogP contribution in [0.5, 0.6) is 0 Å². The maximum absolute atomic E-state index is 12.8. The van der Waals surface area contributed by atoms with Crippen molar-refractivity contribution in [2.45, 2.75) is 37.3 Å². The quantitative estimate of drug-likeness (QED) is 0.681. The van der Waals surface area contributed by atoms with Gasteiger partial charge < -0.3 is 0 Å². The lowest BCUT2D eigenvalue weighted by Gasteiger charge is -2.21. The lowest BCUT2D eigenvalue weighted by atomic mass is 9.84. The van der Waals surface area contributed by atoms with Crippen LogP contribution < -0.4 is 0 Å². The van der Waals surface area contributed by atoms with E-state index in [1.165, 1.54) is 24.8 Å². The van der Waals surface area contributed by atoms with Gasteiger partial charge in [-0.25, -0.2) is 4.39 Å². The Morgan fingerprint density at radius 3 is 2.47 bits per heavy atom. The Labute approximate surface area is 89.9 Å². The maximum atomic E-state index is 12.8. The Bertz CT molecular complexity index is 359. The Hall–Kier alpha value is -0.890. The highest BCUT2D eigenvalue weighted by Crippen LogP contribution is 2.45. The zero-order valence-corrected chi connectivity index (χ0v) is 8.99. The first-order valence-corrected chi connectivity index (χ1v) is 5.73. The third-order valence-corrected chi connectivity index (χ3v) is 4.18. The number of likely N-dealkylation sites (N-methyl/N-ethyl adjacent to an activating group) is 1. The molecule has 0 aliphatic carbocycles. The van der Waals surface area contributed by atoms with E-state index in [4.69, 9.17) is 0 Å². The van der Waals surface area contributed by atoms with Crippen molar-refractivity contribution in [3.8, 4) is 0 Å². The SMILES string of the molecule is CN1C2CCC1C(c1ccc(F)cc1)C2. The molecule has 1 nitrogen and oxygen atoms in total. The Balaban J connectivity index is 1.87. The van der Waals surface area contributed by atoms with Crippen LogP contribution in [0.1, 0.15) is 30.7 Å².